The molecule has 2 aromatic carbocycles. The van der Waals surface area contributed by atoms with Gasteiger partial charge in [0.2, 0.25) is 0 Å². The molecule has 22 heavy (non-hydrogen) atoms. The van der Waals surface area contributed by atoms with Crippen molar-refractivity contribution in [2.45, 2.75) is 19.3 Å². The van der Waals surface area contributed by atoms with Crippen LogP contribution in [0.3, 0.4) is 0 Å². The number of fused-ring (bicyclic) bond motifs is 1. The summed E-state index contributed by atoms with van der Waals surface area (Å²) >= 11 is 0. The van der Waals surface area contributed by atoms with Crippen molar-refractivity contribution in [1.82, 2.24) is 0 Å². The first-order valence-electron chi connectivity index (χ1n) is 7.16. The summed E-state index contributed by atoms with van der Waals surface area (Å²) in [7, 11) is 0. The number of phenols is 1. The first-order chi connectivity index (χ1) is 10.6. The molecular weight excluding hydrogens is 280 g/mol. The van der Waals surface area contributed by atoms with Crippen LogP contribution in [0, 0.1) is 0 Å². The van der Waals surface area contributed by atoms with E-state index in [1.165, 1.54) is 6.07 Å². The Hall–Kier alpha value is -2.75. The number of hydrogen-bond acceptors (Lipinski definition) is 4. The molecule has 0 aliphatic rings. The van der Waals surface area contributed by atoms with E-state index in [1.54, 1.807) is 12.1 Å². The Morgan fingerprint density at radius 1 is 1.05 bits per heavy atom. The number of hydrogen-bond donors (Lipinski definition) is 2. The van der Waals surface area contributed by atoms with Gasteiger partial charge in [-0.05, 0) is 24.1 Å². The molecule has 0 aliphatic heterocycles. The Kier molecular flexibility index (Phi) is 3.59. The third kappa shape index (κ3) is 2.22. The number of para-hydroxylation sites is 1. The van der Waals surface area contributed by atoms with Gasteiger partial charge in [0.05, 0.1) is 10.9 Å². The van der Waals surface area contributed by atoms with Gasteiger partial charge in [-0.2, -0.15) is 0 Å². The molecule has 4 heteroatoms. The van der Waals surface area contributed by atoms with Crippen LogP contribution in [-0.2, 0) is 0 Å². The van der Waals surface area contributed by atoms with Gasteiger partial charge in [0.25, 0.3) is 0 Å². The van der Waals surface area contributed by atoms with E-state index < -0.39 is 5.63 Å². The van der Waals surface area contributed by atoms with Crippen LogP contribution >= 0.6 is 0 Å². The molecule has 0 radical (unpaired) electrons. The van der Waals surface area contributed by atoms with Crippen molar-refractivity contribution in [3.63, 3.8) is 0 Å². The molecule has 0 bridgehead atoms. The van der Waals surface area contributed by atoms with Crippen molar-refractivity contribution in [3.05, 3.63) is 70.1 Å². The first-order valence-corrected chi connectivity index (χ1v) is 7.16. The van der Waals surface area contributed by atoms with Crippen molar-refractivity contribution in [1.29, 1.82) is 0 Å². The van der Waals surface area contributed by atoms with Crippen molar-refractivity contribution < 1.29 is 14.6 Å². The SMILES string of the molecule is CC[C@H](c1ccccc1)c1c(O)c2cccc(O)c2oc1=O. The van der Waals surface area contributed by atoms with Crippen molar-refractivity contribution in [2.24, 2.45) is 0 Å². The molecule has 1 heterocycles. The summed E-state index contributed by atoms with van der Waals surface area (Å²) in [4.78, 5) is 12.3. The summed E-state index contributed by atoms with van der Waals surface area (Å²) in [6.45, 7) is 1.95. The highest BCUT2D eigenvalue weighted by Crippen LogP contribution is 2.37. The smallest absolute Gasteiger partial charge is 0.343 e. The average molecular weight is 296 g/mol. The number of benzene rings is 2. The summed E-state index contributed by atoms with van der Waals surface area (Å²) in [5, 5.41) is 20.7. The maximum Gasteiger partial charge on any atom is 0.343 e. The molecule has 0 unspecified atom stereocenters. The zero-order chi connectivity index (χ0) is 15.7. The summed E-state index contributed by atoms with van der Waals surface area (Å²) < 4.78 is 5.24. The fraction of sp³-hybridized carbons (Fsp3) is 0.167. The van der Waals surface area contributed by atoms with Gasteiger partial charge < -0.3 is 14.6 Å². The molecular formula is C18H16O4. The van der Waals surface area contributed by atoms with E-state index in [2.05, 4.69) is 0 Å². The third-order valence-corrected chi connectivity index (χ3v) is 3.88. The quantitative estimate of drug-likeness (QED) is 0.722. The van der Waals surface area contributed by atoms with Gasteiger partial charge in [-0.15, -0.1) is 0 Å². The van der Waals surface area contributed by atoms with Crippen LogP contribution in [0.1, 0.15) is 30.4 Å². The lowest BCUT2D eigenvalue weighted by Crippen LogP contribution is -2.13. The van der Waals surface area contributed by atoms with E-state index in [1.807, 2.05) is 37.3 Å². The Bertz CT molecular complexity index is 865. The molecule has 0 spiro atoms. The second-order valence-corrected chi connectivity index (χ2v) is 5.18. The highest BCUT2D eigenvalue weighted by molar-refractivity contribution is 5.88. The highest BCUT2D eigenvalue weighted by atomic mass is 16.4. The standard InChI is InChI=1S/C18H16O4/c1-2-12(11-7-4-3-5-8-11)15-16(20)13-9-6-10-14(19)17(13)22-18(15)21/h3-10,12,19-20H,2H2,1H3/t12-/m1/s1. The first kappa shape index (κ1) is 14.2. The van der Waals surface area contributed by atoms with Gasteiger partial charge in [0.15, 0.2) is 11.3 Å². The van der Waals surface area contributed by atoms with Gasteiger partial charge in [-0.1, -0.05) is 43.3 Å². The minimum absolute atomic E-state index is 0.0108. The van der Waals surface area contributed by atoms with Gasteiger partial charge in [0.1, 0.15) is 5.75 Å². The minimum Gasteiger partial charge on any atom is -0.507 e. The molecule has 112 valence electrons. The number of phenolic OH excluding ortho intramolecular Hbond substituents is 1. The normalized spacial score (nSPS) is 12.4. The van der Waals surface area contributed by atoms with Crippen molar-refractivity contribution >= 4 is 11.0 Å². The second-order valence-electron chi connectivity index (χ2n) is 5.18. The van der Waals surface area contributed by atoms with Crippen LogP contribution in [0.5, 0.6) is 11.5 Å². The number of rotatable bonds is 3. The Balaban J connectivity index is 2.29. The highest BCUT2D eigenvalue weighted by Gasteiger charge is 2.23. The zero-order valence-electron chi connectivity index (χ0n) is 12.1. The van der Waals surface area contributed by atoms with Crippen LogP contribution in [0.4, 0.5) is 0 Å². The van der Waals surface area contributed by atoms with Crippen molar-refractivity contribution in [2.75, 3.05) is 0 Å². The van der Waals surface area contributed by atoms with Gasteiger partial charge >= 0.3 is 5.63 Å². The van der Waals surface area contributed by atoms with Crippen LogP contribution in [0.25, 0.3) is 11.0 Å². The van der Waals surface area contributed by atoms with E-state index >= 15 is 0 Å². The summed E-state index contributed by atoms with van der Waals surface area (Å²) in [5.41, 5.74) is 0.553. The van der Waals surface area contributed by atoms with E-state index in [9.17, 15) is 15.0 Å². The molecule has 1 atom stereocenters. The lowest BCUT2D eigenvalue weighted by molar-refractivity contribution is 0.433. The maximum absolute atomic E-state index is 12.3. The fourth-order valence-corrected chi connectivity index (χ4v) is 2.81. The van der Waals surface area contributed by atoms with Gasteiger partial charge in [-0.25, -0.2) is 4.79 Å². The Morgan fingerprint density at radius 3 is 2.45 bits per heavy atom. The minimum atomic E-state index is -0.623. The zero-order valence-corrected chi connectivity index (χ0v) is 12.1. The molecule has 0 aliphatic carbocycles. The molecule has 4 nitrogen and oxygen atoms in total. The predicted octanol–water partition coefficient (Wildman–Crippen LogP) is 3.75. The molecule has 0 saturated carbocycles. The average Bonchev–Trinajstić information content (AvgIpc) is 2.53. The topological polar surface area (TPSA) is 70.7 Å². The van der Waals surface area contributed by atoms with Gasteiger partial charge in [-0.3, -0.25) is 0 Å². The predicted molar refractivity (Wildman–Crippen MR) is 84.4 cm³/mol. The maximum atomic E-state index is 12.3. The molecule has 3 rings (SSSR count). The van der Waals surface area contributed by atoms with E-state index in [0.717, 1.165) is 5.56 Å². The Morgan fingerprint density at radius 2 is 1.77 bits per heavy atom. The molecule has 0 saturated heterocycles. The van der Waals surface area contributed by atoms with Gasteiger partial charge in [0, 0.05) is 5.92 Å². The molecule has 3 aromatic rings. The van der Waals surface area contributed by atoms with Crippen LogP contribution in [-0.4, -0.2) is 10.2 Å². The summed E-state index contributed by atoms with van der Waals surface area (Å²) in [6.07, 6.45) is 0.645. The fourth-order valence-electron chi connectivity index (χ4n) is 2.81. The largest absolute Gasteiger partial charge is 0.507 e. The monoisotopic (exact) mass is 296 g/mol. The Labute approximate surface area is 127 Å². The van der Waals surface area contributed by atoms with Crippen LogP contribution in [0.2, 0.25) is 0 Å². The lowest BCUT2D eigenvalue weighted by Gasteiger charge is -2.16. The summed E-state index contributed by atoms with van der Waals surface area (Å²) in [5.74, 6) is -0.550. The van der Waals surface area contributed by atoms with E-state index in [4.69, 9.17) is 4.42 Å². The lowest BCUT2D eigenvalue weighted by atomic mass is 9.89. The molecule has 1 aromatic heterocycles. The van der Waals surface area contributed by atoms with Crippen LogP contribution in [0.15, 0.2) is 57.7 Å². The second kappa shape index (κ2) is 5.56. The summed E-state index contributed by atoms with van der Waals surface area (Å²) in [6, 6.07) is 14.2. The molecule has 2 N–H and O–H groups in total. The van der Waals surface area contributed by atoms with Crippen LogP contribution < -0.4 is 5.63 Å². The van der Waals surface area contributed by atoms with Crippen molar-refractivity contribution in [3.8, 4) is 11.5 Å². The van der Waals surface area contributed by atoms with E-state index in [0.29, 0.717) is 11.8 Å². The van der Waals surface area contributed by atoms with E-state index in [-0.39, 0.29) is 28.6 Å². The molecule has 0 fully saturated rings. The number of aromatic hydroxyl groups is 2. The third-order valence-electron chi connectivity index (χ3n) is 3.88. The molecule has 0 amide bonds.